The van der Waals surface area contributed by atoms with Gasteiger partial charge in [-0.05, 0) is 163 Å². The maximum atomic E-state index is 16.1. The van der Waals surface area contributed by atoms with Crippen molar-refractivity contribution in [3.8, 4) is 89.3 Å². The molecule has 7 aromatic carbocycles. The minimum atomic E-state index is -3.00. The molecule has 0 N–H and O–H groups in total. The second-order valence-corrected chi connectivity index (χ2v) is 17.5. The average Bonchev–Trinajstić information content (AvgIpc) is 3.86. The Kier molecular flexibility index (Phi) is 11.0. The molecule has 0 bridgehead atoms. The van der Waals surface area contributed by atoms with Crippen LogP contribution in [-0.4, -0.2) is 24.3 Å². The molecule has 0 spiro atoms. The Morgan fingerprint density at radius 3 is 1.37 bits per heavy atom. The molecule has 5 heterocycles. The van der Waals surface area contributed by atoms with Gasteiger partial charge in [-0.2, -0.15) is 0 Å². The summed E-state index contributed by atoms with van der Waals surface area (Å²) in [6.07, 6.45) is 4.24. The van der Waals surface area contributed by atoms with Gasteiger partial charge in [-0.25, -0.2) is 18.2 Å². The summed E-state index contributed by atoms with van der Waals surface area (Å²) in [5.74, 6) is -6.99. The van der Waals surface area contributed by atoms with E-state index in [-0.39, 0.29) is 103 Å². The Labute approximate surface area is 450 Å². The summed E-state index contributed by atoms with van der Waals surface area (Å²) in [5, 5.41) is 0.213. The van der Waals surface area contributed by atoms with Crippen molar-refractivity contribution in [2.75, 3.05) is 0 Å². The third-order valence-electron chi connectivity index (χ3n) is 12.9. The first-order valence-electron chi connectivity index (χ1n) is 25.8. The summed E-state index contributed by atoms with van der Waals surface area (Å²) in [6, 6.07) is 37.7. The maximum absolute atomic E-state index is 16.1. The Balaban J connectivity index is 0.00000705. The summed E-state index contributed by atoms with van der Waals surface area (Å²) in [5.41, 5.74) is 3.01. The molecule has 0 saturated heterocycles. The van der Waals surface area contributed by atoms with Crippen molar-refractivity contribution in [2.24, 2.45) is 0 Å². The summed E-state index contributed by atoms with van der Waals surface area (Å²) in [6.45, 7) is -6.00. The van der Waals surface area contributed by atoms with E-state index in [1.807, 2.05) is 0 Å². The van der Waals surface area contributed by atoms with Crippen molar-refractivity contribution in [2.45, 2.75) is 13.7 Å². The molecule has 0 fully saturated rings. The molecule has 5 nitrogen and oxygen atoms in total. The fourth-order valence-corrected chi connectivity index (χ4v) is 9.52. The van der Waals surface area contributed by atoms with Crippen LogP contribution in [0.1, 0.15) is 19.7 Å². The summed E-state index contributed by atoms with van der Waals surface area (Å²) >= 11 is 0. The first-order chi connectivity index (χ1) is 38.7. The van der Waals surface area contributed by atoms with Crippen molar-refractivity contribution < 1.29 is 63.5 Å². The Morgan fingerprint density at radius 2 is 0.908 bits per heavy atom. The molecule has 0 saturated carbocycles. The van der Waals surface area contributed by atoms with E-state index in [9.17, 15) is 17.6 Å². The van der Waals surface area contributed by atoms with Gasteiger partial charge in [0.05, 0.1) is 11.2 Å². The molecule has 76 heavy (non-hydrogen) atoms. The largest absolute Gasteiger partial charge is 3.00 e. The minimum absolute atomic E-state index is 0. The Morgan fingerprint density at radius 1 is 0.434 bits per heavy atom. The van der Waals surface area contributed by atoms with Crippen molar-refractivity contribution in [1.82, 2.24) is 24.3 Å². The van der Waals surface area contributed by atoms with Crippen LogP contribution in [0.15, 0.2) is 158 Å². The zero-order chi connectivity index (χ0) is 56.8. The predicted octanol–water partition coefficient (Wildman–Crippen LogP) is 16.3. The number of fused-ring (bicyclic) bond motifs is 6. The number of nitrogens with zero attached hydrogens (tertiary/aromatic N) is 5. The number of hydrogen-bond donors (Lipinski definition) is 0. The van der Waals surface area contributed by atoms with Crippen LogP contribution in [0.5, 0.6) is 0 Å². The number of imidazole rings is 1. The van der Waals surface area contributed by atoms with Gasteiger partial charge in [-0.15, -0.1) is 41.8 Å². The van der Waals surface area contributed by atoms with Crippen LogP contribution in [0.2, 0.25) is 0 Å². The first kappa shape index (κ1) is 42.6. The zero-order valence-electron chi connectivity index (χ0n) is 44.6. The van der Waals surface area contributed by atoms with E-state index in [4.69, 9.17) is 13.2 Å². The van der Waals surface area contributed by atoms with Gasteiger partial charge in [-0.1, -0.05) is 77.9 Å². The van der Waals surface area contributed by atoms with Gasteiger partial charge < -0.3 is 19.4 Å². The van der Waals surface area contributed by atoms with Crippen LogP contribution in [0.25, 0.3) is 117 Å². The molecule has 0 amide bonds. The van der Waals surface area contributed by atoms with Crippen LogP contribution >= 0.6 is 0 Å². The van der Waals surface area contributed by atoms with Gasteiger partial charge in [0.25, 0.3) is 0 Å². The van der Waals surface area contributed by atoms with Gasteiger partial charge in [0.2, 0.25) is 0 Å². The Hall–Kier alpha value is -8.71. The van der Waals surface area contributed by atoms with Crippen molar-refractivity contribution in [1.29, 1.82) is 0 Å². The predicted molar refractivity (Wildman–Crippen MR) is 273 cm³/mol. The van der Waals surface area contributed by atoms with Crippen LogP contribution in [-0.2, 0) is 20.1 Å². The number of pyridine rings is 4. The van der Waals surface area contributed by atoms with Gasteiger partial charge in [0.15, 0.2) is 0 Å². The normalized spacial score (nSPS) is 12.9. The molecule has 0 atom stereocenters. The fourth-order valence-electron chi connectivity index (χ4n) is 9.52. The molecule has 0 unspecified atom stereocenters. The second-order valence-electron chi connectivity index (χ2n) is 17.5. The number of rotatable bonds is 8. The van der Waals surface area contributed by atoms with Gasteiger partial charge in [0, 0.05) is 55.9 Å². The molecular weight excluding hydrogens is 1160 g/mol. The van der Waals surface area contributed by atoms with E-state index in [1.165, 1.54) is 91.4 Å². The molecule has 0 radical (unpaired) electrons. The molecule has 12 rings (SSSR count). The average molecular weight is 1200 g/mol. The first-order valence-corrected chi connectivity index (χ1v) is 22.8. The topological polar surface area (TPSA) is 56.0 Å². The molecule has 14 heteroatoms. The SMILES string of the molecule is [2H]C([2H])([2H])c1nc(C([2H])([2H])[2H])n2c3cc(F)c[c-]c3c3ncc(-c4ccc(F)cc4-c4cc(-c5cc(F)ccc5-c5ccc(-c6[c-]cc(F)cc6F)nc5)cc(-c5cc(F)ccc5-c5ccc(-c6[c-]cc(F)cc6F)nc5)c4)cc3c12.[Ir+3]. The van der Waals surface area contributed by atoms with Crippen LogP contribution < -0.4 is 0 Å². The number of aromatic nitrogens is 5. The minimum Gasteiger partial charge on any atom is -0.339 e. The second kappa shape index (κ2) is 19.5. The molecular formula is C62H32F8IrN5. The van der Waals surface area contributed by atoms with E-state index < -0.39 is 71.8 Å². The third kappa shape index (κ3) is 8.88. The summed E-state index contributed by atoms with van der Waals surface area (Å²) in [7, 11) is 0. The van der Waals surface area contributed by atoms with E-state index >= 15 is 17.6 Å². The molecule has 0 aliphatic rings. The van der Waals surface area contributed by atoms with E-state index in [2.05, 4.69) is 33.2 Å². The van der Waals surface area contributed by atoms with Gasteiger partial charge in [0.1, 0.15) is 23.3 Å². The van der Waals surface area contributed by atoms with Gasteiger partial charge in [-0.3, -0.25) is 22.0 Å². The number of hydrogen-bond acceptors (Lipinski definition) is 4. The summed E-state index contributed by atoms with van der Waals surface area (Å²) < 4.78 is 172. The number of halogens is 8. The molecule has 0 aliphatic heterocycles. The zero-order valence-corrected chi connectivity index (χ0v) is 41.0. The van der Waals surface area contributed by atoms with Crippen molar-refractivity contribution in [3.05, 3.63) is 234 Å². The maximum Gasteiger partial charge on any atom is 3.00 e. The molecule has 5 aromatic heterocycles. The standard InChI is InChI=1S/C62H32F8N5.Ir/c1-32-62-55-22-39(31-73-61(55)51-16-10-45(68)28-60(51)75(62)33(2)74-32)48-13-7-42(65)25-54(48)38-20-36(52-23-40(63)5-11-46(52)34-3-17-58(71-29-34)49-14-8-43(66)26-56(49)69)19-37(21-38)53-24-41(64)6-12-47(53)35-4-18-59(72-30-35)50-15-9-44(67)27-57(50)70;/h3-13,17-31H,1-2H3;/q-3;+3/i1D3,2D3;. The van der Waals surface area contributed by atoms with Crippen molar-refractivity contribution in [3.63, 3.8) is 0 Å². The van der Waals surface area contributed by atoms with Crippen LogP contribution in [0, 0.1) is 78.4 Å². The van der Waals surface area contributed by atoms with Gasteiger partial charge >= 0.3 is 20.1 Å². The smallest absolute Gasteiger partial charge is 0.339 e. The third-order valence-corrected chi connectivity index (χ3v) is 12.9. The van der Waals surface area contributed by atoms with E-state index in [1.54, 1.807) is 30.3 Å². The number of aryl methyl sites for hydroxylation is 2. The van der Waals surface area contributed by atoms with E-state index in [0.717, 1.165) is 28.7 Å². The fraction of sp³-hybridized carbons (Fsp3) is 0.0323. The summed E-state index contributed by atoms with van der Waals surface area (Å²) in [4.78, 5) is 17.8. The van der Waals surface area contributed by atoms with Crippen molar-refractivity contribution >= 4 is 27.3 Å². The molecule has 12 aromatic rings. The van der Waals surface area contributed by atoms with Crippen LogP contribution in [0.3, 0.4) is 0 Å². The van der Waals surface area contributed by atoms with Crippen LogP contribution in [0.4, 0.5) is 35.1 Å². The molecule has 0 aliphatic carbocycles. The number of benzene rings is 7. The Bertz CT molecular complexity index is 4390. The monoisotopic (exact) mass is 1200 g/mol. The van der Waals surface area contributed by atoms with E-state index in [0.29, 0.717) is 45.5 Å². The quantitative estimate of drug-likeness (QED) is 0.0864. The molecule has 370 valence electrons.